The average molecular weight is 432 g/mol. The number of likely N-dealkylation sites (tertiary alicyclic amines) is 1. The monoisotopic (exact) mass is 431 g/mol. The number of nitrogens with zero attached hydrogens (tertiary/aromatic N) is 3. The number of amides is 3. The summed E-state index contributed by atoms with van der Waals surface area (Å²) in [6, 6.07) is 7.27. The Labute approximate surface area is 178 Å². The summed E-state index contributed by atoms with van der Waals surface area (Å²) in [5.41, 5.74) is 1.83. The SMILES string of the molecule is CCOC(=O)CNC(=O)N1CCC(c2nnc(C(=O)Nc3ccc(C)cc3)s2)CC1. The van der Waals surface area contributed by atoms with E-state index in [1.165, 1.54) is 11.3 Å². The Bertz CT molecular complexity index is 891. The van der Waals surface area contributed by atoms with Crippen LogP contribution in [0.15, 0.2) is 24.3 Å². The highest BCUT2D eigenvalue weighted by atomic mass is 32.1. The predicted molar refractivity (Wildman–Crippen MR) is 113 cm³/mol. The highest BCUT2D eigenvalue weighted by molar-refractivity contribution is 7.13. The van der Waals surface area contributed by atoms with Gasteiger partial charge in [0, 0.05) is 24.7 Å². The predicted octanol–water partition coefficient (Wildman–Crippen LogP) is 2.55. The standard InChI is InChI=1S/C20H25N5O4S/c1-3-29-16(26)12-21-20(28)25-10-8-14(9-11-25)18-23-24-19(30-18)17(27)22-15-6-4-13(2)5-7-15/h4-7,14H,3,8-12H2,1-2H3,(H,21,28)(H,22,27). The van der Waals surface area contributed by atoms with Crippen LogP contribution in [0.4, 0.5) is 10.5 Å². The number of rotatable bonds is 6. The minimum atomic E-state index is -0.453. The number of benzene rings is 1. The molecule has 0 saturated carbocycles. The molecule has 2 N–H and O–H groups in total. The first kappa shape index (κ1) is 21.7. The van der Waals surface area contributed by atoms with Gasteiger partial charge in [0.1, 0.15) is 11.6 Å². The molecule has 10 heteroatoms. The molecule has 9 nitrogen and oxygen atoms in total. The molecule has 0 unspecified atom stereocenters. The van der Waals surface area contributed by atoms with Gasteiger partial charge in [-0.2, -0.15) is 0 Å². The first-order valence-electron chi connectivity index (χ1n) is 9.86. The zero-order valence-corrected chi connectivity index (χ0v) is 17.8. The summed E-state index contributed by atoms with van der Waals surface area (Å²) in [5, 5.41) is 14.7. The van der Waals surface area contributed by atoms with Crippen LogP contribution in [0.1, 0.15) is 46.1 Å². The van der Waals surface area contributed by atoms with Gasteiger partial charge in [-0.25, -0.2) is 4.79 Å². The molecule has 0 radical (unpaired) electrons. The van der Waals surface area contributed by atoms with Gasteiger partial charge in [0.15, 0.2) is 0 Å². The Kier molecular flexibility index (Phi) is 7.34. The van der Waals surface area contributed by atoms with Crippen LogP contribution in [0.3, 0.4) is 0 Å². The largest absolute Gasteiger partial charge is 0.465 e. The van der Waals surface area contributed by atoms with Gasteiger partial charge < -0.3 is 20.3 Å². The number of ether oxygens (including phenoxy) is 1. The van der Waals surface area contributed by atoms with Crippen molar-refractivity contribution >= 4 is 34.9 Å². The van der Waals surface area contributed by atoms with E-state index in [1.807, 2.05) is 31.2 Å². The Hall–Kier alpha value is -3.01. The normalized spacial score (nSPS) is 14.3. The Morgan fingerprint density at radius 2 is 1.87 bits per heavy atom. The molecule has 2 heterocycles. The van der Waals surface area contributed by atoms with E-state index >= 15 is 0 Å². The average Bonchev–Trinajstić information content (AvgIpc) is 3.24. The van der Waals surface area contributed by atoms with Crippen molar-refractivity contribution in [1.29, 1.82) is 0 Å². The summed E-state index contributed by atoms with van der Waals surface area (Å²) in [4.78, 5) is 37.6. The van der Waals surface area contributed by atoms with Crippen LogP contribution in [0.5, 0.6) is 0 Å². The lowest BCUT2D eigenvalue weighted by molar-refractivity contribution is -0.141. The lowest BCUT2D eigenvalue weighted by Gasteiger charge is -2.30. The van der Waals surface area contributed by atoms with Crippen molar-refractivity contribution in [2.24, 2.45) is 0 Å². The minimum Gasteiger partial charge on any atom is -0.465 e. The van der Waals surface area contributed by atoms with Crippen LogP contribution in [0, 0.1) is 6.92 Å². The van der Waals surface area contributed by atoms with E-state index in [4.69, 9.17) is 4.74 Å². The number of carbonyl (C=O) groups is 3. The molecule has 2 aromatic rings. The smallest absolute Gasteiger partial charge is 0.325 e. The summed E-state index contributed by atoms with van der Waals surface area (Å²) < 4.78 is 4.80. The van der Waals surface area contributed by atoms with Crippen molar-refractivity contribution in [3.8, 4) is 0 Å². The lowest BCUT2D eigenvalue weighted by Crippen LogP contribution is -2.45. The topological polar surface area (TPSA) is 114 Å². The summed E-state index contributed by atoms with van der Waals surface area (Å²) >= 11 is 1.28. The molecule has 1 aliphatic heterocycles. The Morgan fingerprint density at radius 1 is 1.17 bits per heavy atom. The van der Waals surface area contributed by atoms with Gasteiger partial charge in [-0.3, -0.25) is 9.59 Å². The van der Waals surface area contributed by atoms with Crippen LogP contribution >= 0.6 is 11.3 Å². The number of aryl methyl sites for hydroxylation is 1. The van der Waals surface area contributed by atoms with Crippen molar-refractivity contribution in [3.05, 3.63) is 39.8 Å². The Balaban J connectivity index is 1.48. The highest BCUT2D eigenvalue weighted by Crippen LogP contribution is 2.30. The van der Waals surface area contributed by atoms with Gasteiger partial charge in [-0.15, -0.1) is 10.2 Å². The van der Waals surface area contributed by atoms with E-state index in [0.29, 0.717) is 23.8 Å². The third-order valence-electron chi connectivity index (χ3n) is 4.76. The van der Waals surface area contributed by atoms with Crippen molar-refractivity contribution in [1.82, 2.24) is 20.4 Å². The fraction of sp³-hybridized carbons (Fsp3) is 0.450. The van der Waals surface area contributed by atoms with E-state index < -0.39 is 5.97 Å². The van der Waals surface area contributed by atoms with Gasteiger partial charge in [-0.05, 0) is 38.8 Å². The van der Waals surface area contributed by atoms with Crippen LogP contribution in [-0.2, 0) is 9.53 Å². The van der Waals surface area contributed by atoms with E-state index in [2.05, 4.69) is 20.8 Å². The second-order valence-corrected chi connectivity index (χ2v) is 8.00. The van der Waals surface area contributed by atoms with E-state index in [1.54, 1.807) is 11.8 Å². The van der Waals surface area contributed by atoms with Crippen molar-refractivity contribution in [2.45, 2.75) is 32.6 Å². The molecule has 1 aromatic carbocycles. The molecule has 30 heavy (non-hydrogen) atoms. The molecule has 0 bridgehead atoms. The van der Waals surface area contributed by atoms with Gasteiger partial charge in [-0.1, -0.05) is 29.0 Å². The molecular weight excluding hydrogens is 406 g/mol. The summed E-state index contributed by atoms with van der Waals surface area (Å²) in [6.07, 6.45) is 1.45. The van der Waals surface area contributed by atoms with Crippen molar-refractivity contribution in [3.63, 3.8) is 0 Å². The Morgan fingerprint density at radius 3 is 2.53 bits per heavy atom. The first-order valence-corrected chi connectivity index (χ1v) is 10.7. The molecule has 0 aliphatic carbocycles. The van der Waals surface area contributed by atoms with Crippen LogP contribution < -0.4 is 10.6 Å². The van der Waals surface area contributed by atoms with Crippen LogP contribution in [-0.4, -0.2) is 59.2 Å². The quantitative estimate of drug-likeness (QED) is 0.680. The number of urea groups is 1. The third-order valence-corrected chi connectivity index (χ3v) is 5.85. The molecule has 0 spiro atoms. The number of hydrogen-bond donors (Lipinski definition) is 2. The second-order valence-electron chi connectivity index (χ2n) is 6.99. The second kappa shape index (κ2) is 10.1. The molecule has 3 amide bonds. The molecule has 1 aliphatic rings. The molecule has 1 aromatic heterocycles. The lowest BCUT2D eigenvalue weighted by atomic mass is 9.98. The number of carbonyl (C=O) groups excluding carboxylic acids is 3. The van der Waals surface area contributed by atoms with Crippen molar-refractivity contribution in [2.75, 3.05) is 31.6 Å². The van der Waals surface area contributed by atoms with E-state index in [0.717, 1.165) is 23.4 Å². The summed E-state index contributed by atoms with van der Waals surface area (Å²) in [7, 11) is 0. The minimum absolute atomic E-state index is 0.136. The maximum atomic E-state index is 12.4. The molecule has 1 saturated heterocycles. The molecular formula is C20H25N5O4S. The zero-order valence-electron chi connectivity index (χ0n) is 17.0. The van der Waals surface area contributed by atoms with Gasteiger partial charge in [0.2, 0.25) is 5.01 Å². The van der Waals surface area contributed by atoms with Gasteiger partial charge in [0.25, 0.3) is 5.91 Å². The fourth-order valence-electron chi connectivity index (χ4n) is 3.11. The number of hydrogen-bond acceptors (Lipinski definition) is 7. The van der Waals surface area contributed by atoms with Crippen molar-refractivity contribution < 1.29 is 19.1 Å². The fourth-order valence-corrected chi connectivity index (χ4v) is 4.02. The summed E-state index contributed by atoms with van der Waals surface area (Å²) in [6.45, 7) is 4.94. The maximum Gasteiger partial charge on any atom is 0.325 e. The molecule has 1 fully saturated rings. The number of anilines is 1. The molecule has 0 atom stereocenters. The molecule has 160 valence electrons. The first-order chi connectivity index (χ1) is 14.5. The number of esters is 1. The number of aromatic nitrogens is 2. The van der Waals surface area contributed by atoms with Crippen LogP contribution in [0.25, 0.3) is 0 Å². The van der Waals surface area contributed by atoms with Crippen LogP contribution in [0.2, 0.25) is 0 Å². The third kappa shape index (κ3) is 5.76. The van der Waals surface area contributed by atoms with E-state index in [9.17, 15) is 14.4 Å². The maximum absolute atomic E-state index is 12.4. The van der Waals surface area contributed by atoms with Gasteiger partial charge >= 0.3 is 12.0 Å². The molecule has 3 rings (SSSR count). The zero-order chi connectivity index (χ0) is 21.5. The van der Waals surface area contributed by atoms with Gasteiger partial charge in [0.05, 0.1) is 6.61 Å². The number of nitrogens with one attached hydrogen (secondary N) is 2. The summed E-state index contributed by atoms with van der Waals surface area (Å²) in [5.74, 6) is -0.582. The number of piperidine rings is 1. The highest BCUT2D eigenvalue weighted by Gasteiger charge is 2.27. The van der Waals surface area contributed by atoms with E-state index in [-0.39, 0.29) is 31.0 Å².